The van der Waals surface area contributed by atoms with Gasteiger partial charge in [0.2, 0.25) is 0 Å². The van der Waals surface area contributed by atoms with E-state index in [4.69, 9.17) is 9.57 Å². The number of carbonyl (C=O) groups excluding carboxylic acids is 1. The fourth-order valence-electron chi connectivity index (χ4n) is 3.51. The third-order valence-electron chi connectivity index (χ3n) is 4.96. The smallest absolute Gasteiger partial charge is 0.407 e. The van der Waals surface area contributed by atoms with Crippen LogP contribution in [0, 0.1) is 0 Å². The van der Waals surface area contributed by atoms with E-state index in [0.29, 0.717) is 27.2 Å². The van der Waals surface area contributed by atoms with Gasteiger partial charge in [-0.15, -0.1) is 11.3 Å². The van der Waals surface area contributed by atoms with Crippen LogP contribution in [-0.4, -0.2) is 63.0 Å². The number of hydrogen-bond donors (Lipinski definition) is 3. The molecule has 1 amide bonds. The number of anilines is 1. The summed E-state index contributed by atoms with van der Waals surface area (Å²) in [5, 5.41) is 12.7. The summed E-state index contributed by atoms with van der Waals surface area (Å²) in [5.74, 6) is 0. The number of benzene rings is 1. The Bertz CT molecular complexity index is 981. The van der Waals surface area contributed by atoms with Crippen LogP contribution < -0.4 is 16.0 Å². The van der Waals surface area contributed by atoms with E-state index in [0.717, 1.165) is 11.3 Å². The zero-order valence-corrected chi connectivity index (χ0v) is 17.0. The van der Waals surface area contributed by atoms with Gasteiger partial charge in [-0.3, -0.25) is 0 Å². The average molecular weight is 460 g/mol. The van der Waals surface area contributed by atoms with Crippen LogP contribution in [0.4, 0.5) is 28.0 Å². The molecule has 4 rings (SSSR count). The normalized spacial score (nSPS) is 24.0. The number of oxime groups is 1. The summed E-state index contributed by atoms with van der Waals surface area (Å²) in [7, 11) is 0. The number of fused-ring (bicyclic) bond motifs is 1. The van der Waals surface area contributed by atoms with Gasteiger partial charge in [-0.05, 0) is 17.0 Å². The number of rotatable bonds is 7. The number of carbonyl (C=O) groups is 1. The summed E-state index contributed by atoms with van der Waals surface area (Å²) >= 11 is 1.13. The Morgan fingerprint density at radius 2 is 2.16 bits per heavy atom. The maximum atomic E-state index is 14.0. The van der Waals surface area contributed by atoms with Crippen molar-refractivity contribution in [1.29, 1.82) is 0 Å². The number of halogens is 4. The van der Waals surface area contributed by atoms with Gasteiger partial charge in [-0.25, -0.2) is 9.18 Å². The molecule has 0 bridgehead atoms. The third kappa shape index (κ3) is 5.18. The van der Waals surface area contributed by atoms with Gasteiger partial charge in [0.15, 0.2) is 12.7 Å². The summed E-state index contributed by atoms with van der Waals surface area (Å²) in [5.41, 5.74) is 0.658. The first-order chi connectivity index (χ1) is 14.8. The number of alkyl halides is 4. The van der Waals surface area contributed by atoms with Crippen molar-refractivity contribution in [2.45, 2.75) is 30.9 Å². The largest absolute Gasteiger partial charge is 0.441 e. The van der Waals surface area contributed by atoms with Crippen molar-refractivity contribution in [3.05, 3.63) is 28.6 Å². The number of cyclic esters (lactones) is 1. The van der Waals surface area contributed by atoms with E-state index in [1.165, 1.54) is 6.21 Å². The molecular weight excluding hydrogens is 440 g/mol. The van der Waals surface area contributed by atoms with E-state index in [1.807, 2.05) is 0 Å². The van der Waals surface area contributed by atoms with E-state index in [-0.39, 0.29) is 25.3 Å². The molecule has 168 valence electrons. The molecule has 2 fully saturated rings. The van der Waals surface area contributed by atoms with Crippen LogP contribution >= 0.6 is 11.3 Å². The zero-order chi connectivity index (χ0) is 22.0. The van der Waals surface area contributed by atoms with Gasteiger partial charge < -0.3 is 25.5 Å². The molecule has 3 N–H and O–H groups in total. The minimum Gasteiger partial charge on any atom is -0.441 e. The number of nitrogens with one attached hydrogen (secondary N) is 3. The van der Waals surface area contributed by atoms with E-state index < -0.39 is 37.0 Å². The number of thiophene rings is 1. The Kier molecular flexibility index (Phi) is 6.19. The maximum Gasteiger partial charge on any atom is 0.407 e. The molecule has 31 heavy (non-hydrogen) atoms. The topological polar surface area (TPSA) is 84.0 Å². The second kappa shape index (κ2) is 8.87. The first kappa shape index (κ1) is 21.6. The predicted octanol–water partition coefficient (Wildman–Crippen LogP) is 3.19. The van der Waals surface area contributed by atoms with E-state index in [2.05, 4.69) is 21.1 Å². The zero-order valence-electron chi connectivity index (χ0n) is 16.2. The van der Waals surface area contributed by atoms with Gasteiger partial charge in [0.1, 0.15) is 6.17 Å². The van der Waals surface area contributed by atoms with Crippen LogP contribution in [0.1, 0.15) is 10.4 Å². The van der Waals surface area contributed by atoms with Crippen LogP contribution in [-0.2, 0) is 16.0 Å². The summed E-state index contributed by atoms with van der Waals surface area (Å²) in [6.07, 6.45) is -6.45. The molecule has 1 aromatic carbocycles. The summed E-state index contributed by atoms with van der Waals surface area (Å²) in [6.45, 7) is 0.921. The lowest BCUT2D eigenvalue weighted by molar-refractivity contribution is -0.126. The van der Waals surface area contributed by atoms with Crippen molar-refractivity contribution >= 4 is 39.4 Å². The predicted molar refractivity (Wildman–Crippen MR) is 109 cm³/mol. The second-order valence-electron chi connectivity index (χ2n) is 7.28. The molecule has 1 aromatic heterocycles. The Hall–Kier alpha value is -2.60. The van der Waals surface area contributed by atoms with Crippen LogP contribution in [0.3, 0.4) is 0 Å². The van der Waals surface area contributed by atoms with Gasteiger partial charge >= 0.3 is 12.3 Å². The molecule has 2 aliphatic rings. The van der Waals surface area contributed by atoms with Gasteiger partial charge in [0.05, 0.1) is 40.5 Å². The number of ether oxygens (including phenoxy) is 1. The molecule has 3 atom stereocenters. The molecule has 0 radical (unpaired) electrons. The summed E-state index contributed by atoms with van der Waals surface area (Å²) in [6, 6.07) is 4.52. The first-order valence-corrected chi connectivity index (χ1v) is 10.4. The summed E-state index contributed by atoms with van der Waals surface area (Å²) in [4.78, 5) is 16.4. The van der Waals surface area contributed by atoms with Crippen molar-refractivity contribution in [2.75, 3.05) is 31.6 Å². The second-order valence-corrected chi connectivity index (χ2v) is 8.33. The molecule has 2 aliphatic heterocycles. The Balaban J connectivity index is 1.58. The quantitative estimate of drug-likeness (QED) is 0.336. The molecule has 2 saturated heterocycles. The highest BCUT2D eigenvalue weighted by molar-refractivity contribution is 7.21. The molecule has 0 spiro atoms. The van der Waals surface area contributed by atoms with Crippen molar-refractivity contribution in [1.82, 2.24) is 10.6 Å². The lowest BCUT2D eigenvalue weighted by atomic mass is 10.1. The monoisotopic (exact) mass is 460 g/mol. The Morgan fingerprint density at radius 1 is 1.32 bits per heavy atom. The SMILES string of the molecule is O=C1NCC(CO/N=C/c2sc3c(N[C@@H]4CNC[C@@H]4F)cccc3c2CC(F)(F)F)O1. The Labute approximate surface area is 178 Å². The van der Waals surface area contributed by atoms with Gasteiger partial charge in [0.25, 0.3) is 0 Å². The molecule has 3 heterocycles. The molecule has 0 saturated carbocycles. The van der Waals surface area contributed by atoms with Crippen LogP contribution in [0.25, 0.3) is 10.1 Å². The number of amides is 1. The highest BCUT2D eigenvalue weighted by Crippen LogP contribution is 2.39. The molecule has 0 aliphatic carbocycles. The standard InChI is InChI=1S/C19H20F4N4O3S/c20-13-6-24-7-15(13)27-14-3-1-2-11-12(4-19(21,22)23)16(31-17(11)14)8-26-29-9-10-5-25-18(28)30-10/h1-3,8,10,13,15,24,27H,4-7,9H2,(H,25,28)/b26-8+/t10?,13-,15+/m0/s1. The highest BCUT2D eigenvalue weighted by atomic mass is 32.1. The van der Waals surface area contributed by atoms with Crippen molar-refractivity contribution < 1.29 is 31.9 Å². The van der Waals surface area contributed by atoms with Crippen molar-refractivity contribution in [3.63, 3.8) is 0 Å². The number of alkyl carbamates (subject to hydrolysis) is 1. The molecular formula is C19H20F4N4O3S. The van der Waals surface area contributed by atoms with Crippen molar-refractivity contribution in [2.24, 2.45) is 5.16 Å². The highest BCUT2D eigenvalue weighted by Gasteiger charge is 2.32. The minimum absolute atomic E-state index is 0.0197. The van der Waals surface area contributed by atoms with E-state index in [9.17, 15) is 22.4 Å². The Morgan fingerprint density at radius 3 is 2.84 bits per heavy atom. The lowest BCUT2D eigenvalue weighted by Gasteiger charge is -2.16. The van der Waals surface area contributed by atoms with Crippen LogP contribution in [0.5, 0.6) is 0 Å². The van der Waals surface area contributed by atoms with E-state index >= 15 is 0 Å². The van der Waals surface area contributed by atoms with E-state index in [1.54, 1.807) is 18.2 Å². The lowest BCUT2D eigenvalue weighted by Crippen LogP contribution is -2.29. The minimum atomic E-state index is -4.41. The van der Waals surface area contributed by atoms with Crippen molar-refractivity contribution in [3.8, 4) is 0 Å². The van der Waals surface area contributed by atoms with Gasteiger partial charge in [0, 0.05) is 13.1 Å². The molecule has 2 aromatic rings. The average Bonchev–Trinajstić information content (AvgIpc) is 3.39. The summed E-state index contributed by atoms with van der Waals surface area (Å²) < 4.78 is 59.2. The van der Waals surface area contributed by atoms with Gasteiger partial charge in [-0.2, -0.15) is 13.2 Å². The third-order valence-corrected chi connectivity index (χ3v) is 6.18. The number of hydrogen-bond acceptors (Lipinski definition) is 7. The maximum absolute atomic E-state index is 14.0. The fraction of sp³-hybridized carbons (Fsp3) is 0.474. The van der Waals surface area contributed by atoms with Gasteiger partial charge in [-0.1, -0.05) is 17.3 Å². The number of nitrogens with zero attached hydrogens (tertiary/aromatic N) is 1. The van der Waals surface area contributed by atoms with Crippen LogP contribution in [0.2, 0.25) is 0 Å². The van der Waals surface area contributed by atoms with Crippen LogP contribution in [0.15, 0.2) is 23.4 Å². The molecule has 1 unspecified atom stereocenters. The molecule has 12 heteroatoms. The molecule has 7 nitrogen and oxygen atoms in total. The first-order valence-electron chi connectivity index (χ1n) is 9.62. The fourth-order valence-corrected chi connectivity index (χ4v) is 4.67.